The number of amides is 2. The van der Waals surface area contributed by atoms with E-state index in [2.05, 4.69) is 106 Å². The number of benzene rings is 2. The molecule has 1 aliphatic carbocycles. The number of aryl methyl sites for hydroxylation is 1. The highest BCUT2D eigenvalue weighted by Gasteiger charge is 2.41. The summed E-state index contributed by atoms with van der Waals surface area (Å²) in [6.07, 6.45) is 23.0. The lowest BCUT2D eigenvalue weighted by Gasteiger charge is -2.39. The van der Waals surface area contributed by atoms with E-state index in [0.717, 1.165) is 106 Å². The van der Waals surface area contributed by atoms with Gasteiger partial charge in [-0.1, -0.05) is 122 Å². The number of likely N-dealkylation sites (tertiary alicyclic amines) is 1. The van der Waals surface area contributed by atoms with Crippen molar-refractivity contribution in [1.82, 2.24) is 14.7 Å². The Kier molecular flexibility index (Phi) is 29.3. The van der Waals surface area contributed by atoms with E-state index in [1.54, 1.807) is 12.1 Å². The summed E-state index contributed by atoms with van der Waals surface area (Å²) in [5, 5.41) is 0. The molecular formula is C64H95F2N4O4P. The molecule has 2 aromatic rings. The Morgan fingerprint density at radius 3 is 2.07 bits per heavy atom. The lowest BCUT2D eigenvalue weighted by Crippen LogP contribution is -2.48. The second-order valence-corrected chi connectivity index (χ2v) is 21.7. The summed E-state index contributed by atoms with van der Waals surface area (Å²) in [4.78, 5) is 47.4. The number of ether oxygens (including phenoxy) is 1. The van der Waals surface area contributed by atoms with Crippen molar-refractivity contribution in [3.63, 3.8) is 0 Å². The molecule has 8 nitrogen and oxygen atoms in total. The van der Waals surface area contributed by atoms with E-state index < -0.39 is 17.8 Å². The van der Waals surface area contributed by atoms with Gasteiger partial charge in [-0.25, -0.2) is 8.78 Å². The van der Waals surface area contributed by atoms with E-state index in [1.807, 2.05) is 54.3 Å². The van der Waals surface area contributed by atoms with E-state index in [1.165, 1.54) is 73.0 Å². The summed E-state index contributed by atoms with van der Waals surface area (Å²) in [5.41, 5.74) is 9.49. The number of alkyl halides is 1. The number of fused-ring (bicyclic) bond motifs is 1. The maximum absolute atomic E-state index is 14.8. The SMILES string of the molecule is C=C(C)C(CCC(=O)CCC)N1C(=O)c2ccc(N3CCN(CC4CCN(C)CC4)CC3)cc2C1=O.C=C/C=C(C)\C(=C/CCC)c1ccc(C(/C=C(/F)C(=C)OC2CCC2)=C/C)cc1CCC.CC(F)P.CCC. The van der Waals surface area contributed by atoms with Crippen LogP contribution in [0.4, 0.5) is 14.5 Å². The van der Waals surface area contributed by atoms with Crippen molar-refractivity contribution in [3.05, 3.63) is 137 Å². The minimum atomic E-state index is -0.750. The maximum Gasteiger partial charge on any atom is 0.262 e. The van der Waals surface area contributed by atoms with Crippen molar-refractivity contribution >= 4 is 43.7 Å². The molecule has 0 bridgehead atoms. The number of piperidine rings is 1. The first-order valence-electron chi connectivity index (χ1n) is 28.1. The molecule has 0 N–H and O–H groups in total. The number of allylic oxidation sites excluding steroid dienone is 9. The number of piperazine rings is 1. The van der Waals surface area contributed by atoms with Crippen molar-refractivity contribution in [2.45, 2.75) is 170 Å². The van der Waals surface area contributed by atoms with Crippen molar-refractivity contribution in [2.24, 2.45) is 5.92 Å². The van der Waals surface area contributed by atoms with Gasteiger partial charge >= 0.3 is 0 Å². The highest BCUT2D eigenvalue weighted by molar-refractivity contribution is 7.17. The first-order chi connectivity index (χ1) is 35.9. The Labute approximate surface area is 455 Å². The zero-order valence-corrected chi connectivity index (χ0v) is 49.0. The van der Waals surface area contributed by atoms with E-state index in [-0.39, 0.29) is 29.5 Å². The van der Waals surface area contributed by atoms with E-state index in [0.29, 0.717) is 30.4 Å². The molecule has 11 heteroatoms. The Morgan fingerprint density at radius 1 is 0.880 bits per heavy atom. The molecule has 3 aliphatic heterocycles. The van der Waals surface area contributed by atoms with Crippen molar-refractivity contribution in [1.29, 1.82) is 0 Å². The van der Waals surface area contributed by atoms with Crippen LogP contribution in [-0.4, -0.2) is 103 Å². The number of carbonyl (C=O) groups excluding carboxylic acids is 3. The zero-order valence-electron chi connectivity index (χ0n) is 47.9. The molecule has 2 saturated heterocycles. The molecule has 0 aromatic heterocycles. The Balaban J connectivity index is 0.000000354. The predicted octanol–water partition coefficient (Wildman–Crippen LogP) is 15.7. The Hall–Kier alpha value is -4.76. The molecule has 3 unspecified atom stereocenters. The Bertz CT molecular complexity index is 2310. The van der Waals surface area contributed by atoms with Crippen LogP contribution in [0, 0.1) is 5.92 Å². The van der Waals surface area contributed by atoms with Gasteiger partial charge in [0, 0.05) is 51.3 Å². The molecule has 1 saturated carbocycles. The summed E-state index contributed by atoms with van der Waals surface area (Å²) in [7, 11) is 4.20. The van der Waals surface area contributed by atoms with Gasteiger partial charge in [-0.2, -0.15) is 0 Å². The Morgan fingerprint density at radius 2 is 1.52 bits per heavy atom. The third-order valence-electron chi connectivity index (χ3n) is 14.0. The molecule has 0 spiro atoms. The number of hydrogen-bond acceptors (Lipinski definition) is 7. The monoisotopic (exact) mass is 1050 g/mol. The van der Waals surface area contributed by atoms with Gasteiger partial charge in [0.05, 0.1) is 23.3 Å². The quantitative estimate of drug-likeness (QED) is 0.0382. The smallest absolute Gasteiger partial charge is 0.262 e. The van der Waals surface area contributed by atoms with Crippen molar-refractivity contribution in [2.75, 3.05) is 57.8 Å². The summed E-state index contributed by atoms with van der Waals surface area (Å²) >= 11 is 0. The topological polar surface area (TPSA) is 73.4 Å². The molecule has 2 aromatic carbocycles. The maximum atomic E-state index is 14.8. The van der Waals surface area contributed by atoms with Crippen LogP contribution in [0.25, 0.3) is 11.1 Å². The number of Topliss-reactive ketones (excluding diaryl/α,β-unsaturated/α-hetero) is 1. The number of unbranched alkanes of at least 4 members (excludes halogenated alkanes) is 1. The summed E-state index contributed by atoms with van der Waals surface area (Å²) < 4.78 is 31.4. The summed E-state index contributed by atoms with van der Waals surface area (Å²) in [6, 6.07) is 11.7. The van der Waals surface area contributed by atoms with Crippen molar-refractivity contribution < 1.29 is 27.9 Å². The van der Waals surface area contributed by atoms with Crippen LogP contribution in [0.2, 0.25) is 0 Å². The van der Waals surface area contributed by atoms with Gasteiger partial charge in [0.1, 0.15) is 17.5 Å². The van der Waals surface area contributed by atoms with Gasteiger partial charge in [-0.15, -0.1) is 9.24 Å². The van der Waals surface area contributed by atoms with Gasteiger partial charge in [-0.3, -0.25) is 24.2 Å². The number of nitrogens with zero attached hydrogens (tertiary/aromatic N) is 4. The molecular weight excluding hydrogens is 958 g/mol. The molecule has 414 valence electrons. The van der Waals surface area contributed by atoms with E-state index >= 15 is 0 Å². The van der Waals surface area contributed by atoms with Crippen LogP contribution < -0.4 is 4.90 Å². The number of halogens is 2. The standard InChI is InChI=1S/C30H39FO.C29H42N4O3.C3H8.C2H6FP/c1-7-11-17-28(22(5)13-8-2)29-19-18-25(20-26(29)14-9-3)24(10-4)21-30(31)23(6)32-27-15-12-16-27;1-5-6-24(34)8-10-27(21(2)3)33-28(35)25-9-7-23(19-26(25)29(33)36)32-17-15-31(16-18-32)20-22-11-13-30(4)14-12-22;1-3-2;1-2(3)4/h8,10,13,17-21,27H,2,6-7,9,11-12,14-16H2,1,3-5H3;7,9,19,22,27H,2,5-6,8,10-18,20H2,1,3-4H3;3H2,1-2H3;2H,4H2,1H3/b22-13-,24-10+,28-17+,30-21+;;;. The zero-order chi connectivity index (χ0) is 55.6. The number of ketones is 1. The van der Waals surface area contributed by atoms with Gasteiger partial charge in [0.25, 0.3) is 11.8 Å². The first kappa shape index (κ1) is 64.5. The van der Waals surface area contributed by atoms with Crippen LogP contribution >= 0.6 is 9.24 Å². The van der Waals surface area contributed by atoms with Gasteiger partial charge in [0.15, 0.2) is 5.83 Å². The average Bonchev–Trinajstić information content (AvgIpc) is 3.60. The number of hydrogen-bond donors (Lipinski definition) is 0. The summed E-state index contributed by atoms with van der Waals surface area (Å²) in [5.74, 6) is -0.610. The second kappa shape index (κ2) is 34.1. The fourth-order valence-corrected chi connectivity index (χ4v) is 9.67. The minimum absolute atomic E-state index is 0.117. The van der Waals surface area contributed by atoms with Gasteiger partial charge < -0.3 is 14.5 Å². The van der Waals surface area contributed by atoms with Gasteiger partial charge in [-0.05, 0) is 169 Å². The van der Waals surface area contributed by atoms with E-state index in [4.69, 9.17) is 4.74 Å². The highest BCUT2D eigenvalue weighted by Crippen LogP contribution is 2.34. The number of anilines is 1. The normalized spacial score (nSPS) is 17.8. The first-order valence-corrected chi connectivity index (χ1v) is 28.8. The van der Waals surface area contributed by atoms with Crippen molar-refractivity contribution in [3.8, 4) is 0 Å². The highest BCUT2D eigenvalue weighted by atomic mass is 31.0. The molecule has 0 radical (unpaired) electrons. The molecule has 6 rings (SSSR count). The van der Waals surface area contributed by atoms with Crippen LogP contribution in [-0.2, 0) is 16.0 Å². The number of imide groups is 1. The van der Waals surface area contributed by atoms with Crippen LogP contribution in [0.1, 0.15) is 183 Å². The fraction of sp³-hybridized carbons (Fsp3) is 0.547. The van der Waals surface area contributed by atoms with Crippen LogP contribution in [0.5, 0.6) is 0 Å². The predicted molar refractivity (Wildman–Crippen MR) is 318 cm³/mol. The van der Waals surface area contributed by atoms with Gasteiger partial charge in [0.2, 0.25) is 0 Å². The van der Waals surface area contributed by atoms with Crippen LogP contribution in [0.3, 0.4) is 0 Å². The number of rotatable bonds is 22. The molecule has 3 fully saturated rings. The third-order valence-corrected chi connectivity index (χ3v) is 14.0. The lowest BCUT2D eigenvalue weighted by molar-refractivity contribution is -0.119. The third kappa shape index (κ3) is 20.6. The molecule has 4 aliphatic rings. The fourth-order valence-electron chi connectivity index (χ4n) is 9.67. The molecule has 3 heterocycles. The number of carbonyl (C=O) groups is 3. The lowest BCUT2D eigenvalue weighted by atomic mass is 9.88. The molecule has 3 atom stereocenters. The molecule has 75 heavy (non-hydrogen) atoms. The second-order valence-electron chi connectivity index (χ2n) is 20.8. The minimum Gasteiger partial charge on any atom is -0.488 e. The molecule has 2 amide bonds. The van der Waals surface area contributed by atoms with E-state index in [9.17, 15) is 23.2 Å². The largest absolute Gasteiger partial charge is 0.488 e. The summed E-state index contributed by atoms with van der Waals surface area (Å²) in [6.45, 7) is 37.1. The average molecular weight is 1050 g/mol. The van der Waals surface area contributed by atoms with Crippen LogP contribution in [0.15, 0.2) is 109 Å².